The van der Waals surface area contributed by atoms with Crippen LogP contribution in [-0.4, -0.2) is 29.1 Å². The summed E-state index contributed by atoms with van der Waals surface area (Å²) in [5.41, 5.74) is 6.04. The van der Waals surface area contributed by atoms with E-state index in [1.54, 1.807) is 17.2 Å². The lowest BCUT2D eigenvalue weighted by molar-refractivity contribution is -0.188. The number of nitrogens with zero attached hydrogens (tertiary/aromatic N) is 1. The summed E-state index contributed by atoms with van der Waals surface area (Å²) in [6.07, 6.45) is 2.01. The fourth-order valence-corrected chi connectivity index (χ4v) is 3.85. The van der Waals surface area contributed by atoms with Crippen molar-refractivity contribution in [2.24, 2.45) is 5.73 Å². The van der Waals surface area contributed by atoms with Crippen molar-refractivity contribution in [1.29, 1.82) is 0 Å². The normalized spacial score (nSPS) is 17.9. The van der Waals surface area contributed by atoms with Crippen LogP contribution < -0.4 is 10.5 Å². The van der Waals surface area contributed by atoms with Crippen LogP contribution in [0, 0.1) is 0 Å². The average molecular weight is 354 g/mol. The molecule has 1 saturated heterocycles. The number of fused-ring (bicyclic) bond motifs is 2. The van der Waals surface area contributed by atoms with E-state index >= 15 is 0 Å². The van der Waals surface area contributed by atoms with E-state index in [1.807, 2.05) is 36.4 Å². The molecule has 2 heterocycles. The molecule has 25 heavy (non-hydrogen) atoms. The molecule has 1 fully saturated rings. The number of carbonyl (C=O) groups is 1. The first-order valence-electron chi connectivity index (χ1n) is 8.28. The van der Waals surface area contributed by atoms with Crippen molar-refractivity contribution in [3.63, 3.8) is 0 Å². The predicted molar refractivity (Wildman–Crippen MR) is 97.4 cm³/mol. The second kappa shape index (κ2) is 6.13. The summed E-state index contributed by atoms with van der Waals surface area (Å²) in [6.45, 7) is 1.44. The summed E-state index contributed by atoms with van der Waals surface area (Å²) < 4.78 is 5.97. The number of hydrogen-bond donors (Lipinski definition) is 1. The largest absolute Gasteiger partial charge is 0.457 e. The lowest BCUT2D eigenvalue weighted by Gasteiger charge is -2.37. The summed E-state index contributed by atoms with van der Waals surface area (Å²) in [5.74, 6) is 0.643. The minimum absolute atomic E-state index is 0.0555. The summed E-state index contributed by atoms with van der Waals surface area (Å²) in [7, 11) is 0. The maximum atomic E-state index is 13.4. The van der Waals surface area contributed by atoms with Crippen LogP contribution >= 0.6 is 12.2 Å². The van der Waals surface area contributed by atoms with Gasteiger partial charge in [-0.15, -0.1) is 5.06 Å². The predicted octanol–water partition coefficient (Wildman–Crippen LogP) is 2.92. The van der Waals surface area contributed by atoms with Crippen molar-refractivity contribution in [3.05, 3.63) is 59.7 Å². The molecule has 6 heteroatoms. The first kappa shape index (κ1) is 16.1. The van der Waals surface area contributed by atoms with Gasteiger partial charge in [-0.2, -0.15) is 0 Å². The smallest absolute Gasteiger partial charge is 0.347 e. The van der Waals surface area contributed by atoms with E-state index in [1.165, 1.54) is 0 Å². The monoisotopic (exact) mass is 354 g/mol. The molecule has 0 spiro atoms. The number of thiocarbonyl (C=S) groups is 1. The molecule has 2 aliphatic heterocycles. The minimum Gasteiger partial charge on any atom is -0.457 e. The van der Waals surface area contributed by atoms with Gasteiger partial charge in [0.25, 0.3) is 0 Å². The Morgan fingerprint density at radius 3 is 2.08 bits per heavy atom. The van der Waals surface area contributed by atoms with Crippen LogP contribution in [0.2, 0.25) is 0 Å². The molecule has 0 unspecified atom stereocenters. The molecule has 2 aromatic carbocycles. The van der Waals surface area contributed by atoms with Crippen LogP contribution in [0.3, 0.4) is 0 Å². The van der Waals surface area contributed by atoms with Crippen molar-refractivity contribution in [2.45, 2.75) is 18.3 Å². The number of hydrogen-bond acceptors (Lipinski definition) is 5. The minimum atomic E-state index is -1.36. The molecule has 0 amide bonds. The molecule has 2 aliphatic rings. The Kier molecular flexibility index (Phi) is 3.94. The molecule has 0 aromatic heterocycles. The highest BCUT2D eigenvalue weighted by Crippen LogP contribution is 2.49. The quantitative estimate of drug-likeness (QED) is 0.855. The van der Waals surface area contributed by atoms with E-state index in [-0.39, 0.29) is 4.99 Å². The van der Waals surface area contributed by atoms with Crippen LogP contribution in [0.5, 0.6) is 11.5 Å². The third-order valence-corrected chi connectivity index (χ3v) is 5.06. The van der Waals surface area contributed by atoms with Gasteiger partial charge in [0, 0.05) is 24.2 Å². The number of ether oxygens (including phenoxy) is 1. The van der Waals surface area contributed by atoms with Gasteiger partial charge in [0.15, 0.2) is 5.41 Å². The second-order valence-electron chi connectivity index (χ2n) is 6.22. The number of hydroxylamine groups is 2. The van der Waals surface area contributed by atoms with Crippen LogP contribution in [0.25, 0.3) is 0 Å². The van der Waals surface area contributed by atoms with E-state index in [4.69, 9.17) is 27.5 Å². The molecular weight excluding hydrogens is 336 g/mol. The molecule has 128 valence electrons. The summed E-state index contributed by atoms with van der Waals surface area (Å²) in [6, 6.07) is 14.6. The third kappa shape index (κ3) is 2.41. The van der Waals surface area contributed by atoms with Crippen molar-refractivity contribution >= 4 is 23.2 Å². The maximum Gasteiger partial charge on any atom is 0.347 e. The number of benzene rings is 2. The number of carbonyl (C=O) groups excluding carboxylic acids is 1. The summed E-state index contributed by atoms with van der Waals surface area (Å²) >= 11 is 5.40. The average Bonchev–Trinajstić information content (AvgIpc) is 3.12. The molecule has 0 atom stereocenters. The summed E-state index contributed by atoms with van der Waals surface area (Å²) in [5, 5.41) is 1.68. The first-order chi connectivity index (χ1) is 12.1. The van der Waals surface area contributed by atoms with Crippen LogP contribution in [-0.2, 0) is 15.0 Å². The van der Waals surface area contributed by atoms with Gasteiger partial charge in [-0.25, -0.2) is 4.79 Å². The van der Waals surface area contributed by atoms with E-state index in [0.717, 1.165) is 25.9 Å². The Morgan fingerprint density at radius 2 is 1.56 bits per heavy atom. The molecular formula is C19H18N2O3S. The van der Waals surface area contributed by atoms with Gasteiger partial charge in [-0.05, 0) is 25.0 Å². The summed E-state index contributed by atoms with van der Waals surface area (Å²) in [4.78, 5) is 19.1. The number of rotatable bonds is 3. The van der Waals surface area contributed by atoms with Gasteiger partial charge in [-0.3, -0.25) is 0 Å². The number of para-hydroxylation sites is 2. The zero-order chi connectivity index (χ0) is 17.4. The van der Waals surface area contributed by atoms with Crippen LogP contribution in [0.15, 0.2) is 48.5 Å². The highest BCUT2D eigenvalue weighted by atomic mass is 32.1. The Bertz CT molecular complexity index is 801. The van der Waals surface area contributed by atoms with Gasteiger partial charge in [0.05, 0.1) is 4.99 Å². The molecule has 0 radical (unpaired) electrons. The van der Waals surface area contributed by atoms with E-state index in [2.05, 4.69) is 0 Å². The first-order valence-corrected chi connectivity index (χ1v) is 8.69. The van der Waals surface area contributed by atoms with E-state index in [0.29, 0.717) is 22.6 Å². The topological polar surface area (TPSA) is 64.8 Å². The number of nitrogens with two attached hydrogens (primary N) is 1. The third-order valence-electron chi connectivity index (χ3n) is 4.75. The second-order valence-corrected chi connectivity index (χ2v) is 6.66. The van der Waals surface area contributed by atoms with E-state index < -0.39 is 11.4 Å². The van der Waals surface area contributed by atoms with Crippen molar-refractivity contribution in [3.8, 4) is 11.5 Å². The highest BCUT2D eigenvalue weighted by Gasteiger charge is 2.53. The lowest BCUT2D eigenvalue weighted by atomic mass is 9.72. The fourth-order valence-electron chi connectivity index (χ4n) is 3.55. The molecule has 2 aromatic rings. The molecule has 2 N–H and O–H groups in total. The van der Waals surface area contributed by atoms with Crippen LogP contribution in [0.4, 0.5) is 0 Å². The molecule has 0 saturated carbocycles. The molecule has 0 aliphatic carbocycles. The maximum absolute atomic E-state index is 13.4. The fraction of sp³-hybridized carbons (Fsp3) is 0.263. The van der Waals surface area contributed by atoms with Gasteiger partial charge in [0.2, 0.25) is 0 Å². The molecule has 0 bridgehead atoms. The Morgan fingerprint density at radius 1 is 1.04 bits per heavy atom. The van der Waals surface area contributed by atoms with Crippen molar-refractivity contribution in [1.82, 2.24) is 5.06 Å². The zero-order valence-electron chi connectivity index (χ0n) is 13.6. The van der Waals surface area contributed by atoms with E-state index in [9.17, 15) is 4.79 Å². The lowest BCUT2D eigenvalue weighted by Crippen LogP contribution is -2.51. The Balaban J connectivity index is 1.91. The Labute approximate surface area is 151 Å². The standard InChI is InChI=1S/C19H18N2O3S/c20-17(25)19(18(22)24-21-11-5-6-12-21)13-7-1-3-9-15(13)23-16-10-4-2-8-14(16)19/h1-4,7-10H,5-6,11-12H2,(H2,20,25). The Hall–Kier alpha value is -2.44. The SMILES string of the molecule is NC(=S)C1(C(=O)ON2CCCC2)c2ccccc2Oc2ccccc21. The highest BCUT2D eigenvalue weighted by molar-refractivity contribution is 7.80. The van der Waals surface area contributed by atoms with Gasteiger partial charge >= 0.3 is 5.97 Å². The molecule has 4 rings (SSSR count). The van der Waals surface area contributed by atoms with Gasteiger partial charge < -0.3 is 15.3 Å². The van der Waals surface area contributed by atoms with Crippen molar-refractivity contribution < 1.29 is 14.4 Å². The van der Waals surface area contributed by atoms with Gasteiger partial charge in [0.1, 0.15) is 11.5 Å². The van der Waals surface area contributed by atoms with Crippen LogP contribution in [0.1, 0.15) is 24.0 Å². The van der Waals surface area contributed by atoms with Crippen molar-refractivity contribution in [2.75, 3.05) is 13.1 Å². The zero-order valence-corrected chi connectivity index (χ0v) is 14.4. The van der Waals surface area contributed by atoms with Gasteiger partial charge in [-0.1, -0.05) is 48.6 Å². The molecule has 5 nitrogen and oxygen atoms in total.